The van der Waals surface area contributed by atoms with E-state index in [4.69, 9.17) is 4.74 Å². The lowest BCUT2D eigenvalue weighted by molar-refractivity contribution is -0.156. The molecule has 0 radical (unpaired) electrons. The third-order valence-electron chi connectivity index (χ3n) is 6.09. The Morgan fingerprint density at radius 2 is 1.36 bits per heavy atom. The fraction of sp³-hybridized carbons (Fsp3) is 0.808. The summed E-state index contributed by atoms with van der Waals surface area (Å²) in [5.74, 6) is 1.05. The van der Waals surface area contributed by atoms with Crippen molar-refractivity contribution in [3.8, 4) is 0 Å². The van der Waals surface area contributed by atoms with Crippen molar-refractivity contribution in [3.63, 3.8) is 0 Å². The van der Waals surface area contributed by atoms with E-state index in [1.807, 2.05) is 25.2 Å². The van der Waals surface area contributed by atoms with E-state index < -0.39 is 5.60 Å². The van der Waals surface area contributed by atoms with Crippen molar-refractivity contribution < 1.29 is 9.53 Å². The second-order valence-electron chi connectivity index (χ2n) is 9.37. The number of carbonyl (C=O) groups excluding carboxylic acids is 1. The summed E-state index contributed by atoms with van der Waals surface area (Å²) in [6.45, 7) is 8.74. The second kappa shape index (κ2) is 14.9. The van der Waals surface area contributed by atoms with Gasteiger partial charge in [0.05, 0.1) is 0 Å². The number of rotatable bonds is 16. The Bertz CT molecular complexity index is 463. The van der Waals surface area contributed by atoms with Crippen molar-refractivity contribution in [2.75, 3.05) is 0 Å². The smallest absolute Gasteiger partial charge is 0.306 e. The van der Waals surface area contributed by atoms with Crippen LogP contribution in [0.25, 0.3) is 0 Å². The fourth-order valence-corrected chi connectivity index (χ4v) is 3.83. The van der Waals surface area contributed by atoms with Crippen molar-refractivity contribution in [1.82, 2.24) is 0 Å². The SMILES string of the molecule is CC(C)CCCCCCCCCCCCCCC(=O)OC1(C)C=CC=CC1C. The summed E-state index contributed by atoms with van der Waals surface area (Å²) in [5, 5.41) is 0. The van der Waals surface area contributed by atoms with Crippen LogP contribution in [0.4, 0.5) is 0 Å². The van der Waals surface area contributed by atoms with Crippen molar-refractivity contribution in [2.45, 2.75) is 123 Å². The number of hydrogen-bond donors (Lipinski definition) is 0. The highest BCUT2D eigenvalue weighted by Crippen LogP contribution is 2.28. The molecule has 1 rings (SSSR count). The van der Waals surface area contributed by atoms with Crippen LogP contribution < -0.4 is 0 Å². The Morgan fingerprint density at radius 3 is 1.86 bits per heavy atom. The molecule has 0 bridgehead atoms. The minimum Gasteiger partial charge on any atom is -0.454 e. The van der Waals surface area contributed by atoms with E-state index in [9.17, 15) is 4.79 Å². The Labute approximate surface area is 175 Å². The molecule has 0 saturated carbocycles. The molecule has 0 heterocycles. The van der Waals surface area contributed by atoms with Gasteiger partial charge >= 0.3 is 5.97 Å². The zero-order valence-corrected chi connectivity index (χ0v) is 19.2. The topological polar surface area (TPSA) is 26.3 Å². The predicted molar refractivity (Wildman–Crippen MR) is 121 cm³/mol. The number of unbranched alkanes of at least 4 members (excludes halogenated alkanes) is 11. The first kappa shape index (κ1) is 25.0. The van der Waals surface area contributed by atoms with E-state index in [2.05, 4.69) is 26.8 Å². The summed E-state index contributed by atoms with van der Waals surface area (Å²) < 4.78 is 5.73. The highest BCUT2D eigenvalue weighted by Gasteiger charge is 2.32. The molecule has 2 nitrogen and oxygen atoms in total. The van der Waals surface area contributed by atoms with Gasteiger partial charge in [0, 0.05) is 12.3 Å². The summed E-state index contributed by atoms with van der Waals surface area (Å²) in [6.07, 6.45) is 25.9. The summed E-state index contributed by atoms with van der Waals surface area (Å²) in [7, 11) is 0. The van der Waals surface area contributed by atoms with E-state index in [-0.39, 0.29) is 11.9 Å². The lowest BCUT2D eigenvalue weighted by atomic mass is 9.87. The van der Waals surface area contributed by atoms with Crippen LogP contribution in [-0.2, 0) is 9.53 Å². The molecule has 0 aromatic heterocycles. The Kier molecular flexibility index (Phi) is 13.3. The van der Waals surface area contributed by atoms with Crippen molar-refractivity contribution >= 4 is 5.97 Å². The van der Waals surface area contributed by atoms with Crippen LogP contribution in [0.3, 0.4) is 0 Å². The summed E-state index contributed by atoms with van der Waals surface area (Å²) >= 11 is 0. The second-order valence-corrected chi connectivity index (χ2v) is 9.37. The Balaban J connectivity index is 1.87. The molecular formula is C26H46O2. The molecule has 0 fully saturated rings. The molecule has 0 amide bonds. The molecule has 2 unspecified atom stereocenters. The average Bonchev–Trinajstić information content (AvgIpc) is 2.64. The maximum Gasteiger partial charge on any atom is 0.306 e. The zero-order chi connectivity index (χ0) is 20.7. The highest BCUT2D eigenvalue weighted by atomic mass is 16.6. The van der Waals surface area contributed by atoms with Gasteiger partial charge in [-0.2, -0.15) is 0 Å². The Morgan fingerprint density at radius 1 is 0.857 bits per heavy atom. The average molecular weight is 391 g/mol. The molecular weight excluding hydrogens is 344 g/mol. The van der Waals surface area contributed by atoms with Crippen LogP contribution >= 0.6 is 0 Å². The van der Waals surface area contributed by atoms with Crippen molar-refractivity contribution in [1.29, 1.82) is 0 Å². The van der Waals surface area contributed by atoms with Crippen LogP contribution in [-0.4, -0.2) is 11.6 Å². The van der Waals surface area contributed by atoms with Gasteiger partial charge in [0.15, 0.2) is 0 Å². The lowest BCUT2D eigenvalue weighted by Crippen LogP contribution is -2.36. The third-order valence-corrected chi connectivity index (χ3v) is 6.09. The van der Waals surface area contributed by atoms with Crippen LogP contribution in [0.1, 0.15) is 118 Å². The number of carbonyl (C=O) groups is 1. The molecule has 2 atom stereocenters. The van der Waals surface area contributed by atoms with E-state index in [0.717, 1.165) is 18.8 Å². The monoisotopic (exact) mass is 390 g/mol. The Hall–Kier alpha value is -1.05. The molecule has 0 spiro atoms. The molecule has 28 heavy (non-hydrogen) atoms. The molecule has 0 aliphatic heterocycles. The van der Waals surface area contributed by atoms with Gasteiger partial charge in [0.1, 0.15) is 5.60 Å². The standard InChI is InChI=1S/C26H46O2/c1-23(2)19-15-13-11-9-7-5-6-8-10-12-14-16-21-25(27)28-26(4)22-18-17-20-24(26)3/h17-18,20,22-24H,5-16,19,21H2,1-4H3. The maximum atomic E-state index is 12.1. The van der Waals surface area contributed by atoms with Crippen molar-refractivity contribution in [2.24, 2.45) is 11.8 Å². The van der Waals surface area contributed by atoms with Crippen molar-refractivity contribution in [3.05, 3.63) is 24.3 Å². The number of esters is 1. The first-order valence-corrected chi connectivity index (χ1v) is 12.0. The summed E-state index contributed by atoms with van der Waals surface area (Å²) in [5.41, 5.74) is -0.472. The molecule has 0 aromatic carbocycles. The van der Waals surface area contributed by atoms with E-state index in [1.54, 1.807) is 0 Å². The quantitative estimate of drug-likeness (QED) is 0.196. The van der Waals surface area contributed by atoms with Gasteiger partial charge in [-0.05, 0) is 25.3 Å². The van der Waals surface area contributed by atoms with E-state index >= 15 is 0 Å². The summed E-state index contributed by atoms with van der Waals surface area (Å²) in [6, 6.07) is 0. The zero-order valence-electron chi connectivity index (χ0n) is 19.2. The molecule has 1 aliphatic carbocycles. The van der Waals surface area contributed by atoms with E-state index in [1.165, 1.54) is 70.6 Å². The highest BCUT2D eigenvalue weighted by molar-refractivity contribution is 5.70. The third kappa shape index (κ3) is 11.7. The molecule has 2 heteroatoms. The first-order chi connectivity index (χ1) is 13.4. The minimum atomic E-state index is -0.472. The minimum absolute atomic E-state index is 0.0531. The first-order valence-electron chi connectivity index (χ1n) is 12.0. The van der Waals surface area contributed by atoms with Crippen LogP contribution in [0, 0.1) is 11.8 Å². The maximum absolute atomic E-state index is 12.1. The van der Waals surface area contributed by atoms with Gasteiger partial charge in [-0.15, -0.1) is 0 Å². The largest absolute Gasteiger partial charge is 0.454 e. The summed E-state index contributed by atoms with van der Waals surface area (Å²) in [4.78, 5) is 12.1. The van der Waals surface area contributed by atoms with Gasteiger partial charge in [0.25, 0.3) is 0 Å². The van der Waals surface area contributed by atoms with Crippen LogP contribution in [0.2, 0.25) is 0 Å². The van der Waals surface area contributed by atoms with Gasteiger partial charge < -0.3 is 4.74 Å². The van der Waals surface area contributed by atoms with E-state index in [0.29, 0.717) is 6.42 Å². The number of hydrogen-bond acceptors (Lipinski definition) is 2. The van der Waals surface area contributed by atoms with Gasteiger partial charge in [-0.25, -0.2) is 0 Å². The molecule has 0 aromatic rings. The molecule has 1 aliphatic rings. The van der Waals surface area contributed by atoms with Crippen LogP contribution in [0.5, 0.6) is 0 Å². The molecule has 0 saturated heterocycles. The van der Waals surface area contributed by atoms with Gasteiger partial charge in [-0.1, -0.05) is 116 Å². The normalized spacial score (nSPS) is 21.4. The van der Waals surface area contributed by atoms with Gasteiger partial charge in [-0.3, -0.25) is 4.79 Å². The van der Waals surface area contributed by atoms with Crippen LogP contribution in [0.15, 0.2) is 24.3 Å². The molecule has 0 N–H and O–H groups in total. The number of allylic oxidation sites excluding steroid dienone is 2. The number of ether oxygens (including phenoxy) is 1. The molecule has 162 valence electrons. The predicted octanol–water partition coefficient (Wildman–Crippen LogP) is 8.17. The van der Waals surface area contributed by atoms with Gasteiger partial charge in [0.2, 0.25) is 0 Å². The lowest BCUT2D eigenvalue weighted by Gasteiger charge is -2.32. The fourth-order valence-electron chi connectivity index (χ4n) is 3.83.